The Balaban J connectivity index is 1.42. The molecule has 2 N–H and O–H groups in total. The number of rotatable bonds is 4. The van der Waals surface area contributed by atoms with Gasteiger partial charge in [0.1, 0.15) is 0 Å². The minimum absolute atomic E-state index is 0.0643. The monoisotopic (exact) mass is 452 g/mol. The Morgan fingerprint density at radius 3 is 2.50 bits per heavy atom. The van der Waals surface area contributed by atoms with Gasteiger partial charge in [-0.15, -0.1) is 0 Å². The van der Waals surface area contributed by atoms with Gasteiger partial charge in [0, 0.05) is 37.7 Å². The number of hydrogen-bond donors (Lipinski definition) is 2. The van der Waals surface area contributed by atoms with Crippen molar-refractivity contribution in [2.45, 2.75) is 18.9 Å². The number of fused-ring (bicyclic) bond motifs is 1. The maximum Gasteiger partial charge on any atom is 0.308 e. The van der Waals surface area contributed by atoms with Crippen molar-refractivity contribution in [1.29, 1.82) is 0 Å². The molecule has 1 unspecified atom stereocenters. The average molecular weight is 453 g/mol. The lowest BCUT2D eigenvalue weighted by Gasteiger charge is -2.42. The van der Waals surface area contributed by atoms with E-state index in [9.17, 15) is 22.7 Å². The van der Waals surface area contributed by atoms with Gasteiger partial charge in [-0.1, -0.05) is 29.5 Å². The van der Waals surface area contributed by atoms with Gasteiger partial charge in [0.2, 0.25) is 0 Å². The molecule has 1 aliphatic carbocycles. The zero-order chi connectivity index (χ0) is 21.1. The summed E-state index contributed by atoms with van der Waals surface area (Å²) < 4.78 is 48.5. The summed E-state index contributed by atoms with van der Waals surface area (Å²) >= 11 is 1.09. The van der Waals surface area contributed by atoms with E-state index in [0.717, 1.165) is 32.9 Å². The third kappa shape index (κ3) is 3.75. The van der Waals surface area contributed by atoms with Crippen LogP contribution < -0.4 is 9.77 Å². The summed E-state index contributed by atoms with van der Waals surface area (Å²) in [5, 5.41) is 0. The summed E-state index contributed by atoms with van der Waals surface area (Å²) in [4.78, 5) is 14.3. The number of halogens is 2. The smallest absolute Gasteiger partial charge is 0.308 e. The number of thiazole rings is 1. The normalized spacial score (nSPS) is 23.5. The van der Waals surface area contributed by atoms with Gasteiger partial charge in [0.05, 0.1) is 21.7 Å². The minimum Gasteiger partial charge on any atom is -0.368 e. The molecule has 9 heteroatoms. The van der Waals surface area contributed by atoms with Crippen LogP contribution in [0.25, 0.3) is 21.3 Å². The van der Waals surface area contributed by atoms with Crippen molar-refractivity contribution < 1.29 is 17.9 Å². The number of hydrogen-bond acceptors (Lipinski definition) is 5. The van der Waals surface area contributed by atoms with Gasteiger partial charge in [-0.3, -0.25) is 18.5 Å². The van der Waals surface area contributed by atoms with Crippen molar-refractivity contribution in [3.63, 3.8) is 0 Å². The molecule has 160 valence electrons. The Hall–Kier alpha value is -1.94. The first-order valence-corrected chi connectivity index (χ1v) is 12.5. The fourth-order valence-electron chi connectivity index (χ4n) is 3.97. The minimum atomic E-state index is -2.64. The second kappa shape index (κ2) is 7.05. The molecule has 5 nitrogen and oxygen atoms in total. The fourth-order valence-corrected chi connectivity index (χ4v) is 6.14. The van der Waals surface area contributed by atoms with Crippen LogP contribution in [0.2, 0.25) is 0 Å². The van der Waals surface area contributed by atoms with Crippen LogP contribution in [-0.4, -0.2) is 44.2 Å². The molecular weight excluding hydrogens is 430 g/mol. The molecule has 0 bridgehead atoms. The zero-order valence-corrected chi connectivity index (χ0v) is 17.8. The quantitative estimate of drug-likeness (QED) is 0.588. The van der Waals surface area contributed by atoms with E-state index in [1.54, 1.807) is 0 Å². The molecule has 30 heavy (non-hydrogen) atoms. The lowest BCUT2D eigenvalue weighted by Crippen LogP contribution is -2.38. The number of aromatic nitrogens is 1. The van der Waals surface area contributed by atoms with Gasteiger partial charge >= 0.3 is 4.87 Å². The van der Waals surface area contributed by atoms with Crippen molar-refractivity contribution in [2.75, 3.05) is 29.5 Å². The van der Waals surface area contributed by atoms with Crippen LogP contribution in [0, 0.1) is 5.92 Å². The van der Waals surface area contributed by atoms with Gasteiger partial charge < -0.3 is 4.90 Å². The lowest BCUT2D eigenvalue weighted by molar-refractivity contribution is 0.0953. The van der Waals surface area contributed by atoms with Crippen molar-refractivity contribution in [2.24, 2.45) is 5.92 Å². The van der Waals surface area contributed by atoms with Gasteiger partial charge in [-0.2, -0.15) is 10.6 Å². The Morgan fingerprint density at radius 2 is 1.80 bits per heavy atom. The van der Waals surface area contributed by atoms with Crippen molar-refractivity contribution >= 4 is 37.8 Å². The maximum atomic E-state index is 13.3. The highest BCUT2D eigenvalue weighted by molar-refractivity contribution is 8.24. The van der Waals surface area contributed by atoms with E-state index in [1.165, 1.54) is 4.57 Å². The molecule has 5 rings (SSSR count). The van der Waals surface area contributed by atoms with E-state index >= 15 is 0 Å². The second-order valence-corrected chi connectivity index (χ2v) is 11.5. The van der Waals surface area contributed by atoms with Gasteiger partial charge in [-0.05, 0) is 35.4 Å². The van der Waals surface area contributed by atoms with E-state index in [-0.39, 0.29) is 17.8 Å². The number of nitrogens with zero attached hydrogens (tertiary/aromatic N) is 2. The third-order valence-electron chi connectivity index (χ3n) is 5.95. The Morgan fingerprint density at radius 1 is 1.10 bits per heavy atom. The largest absolute Gasteiger partial charge is 0.368 e. The molecule has 2 aromatic carbocycles. The zero-order valence-electron chi connectivity index (χ0n) is 16.1. The standard InChI is InChI=1S/C21H22F2N2O3S2/c22-21(23)12-16(21)13-25-18-5-4-15(11-19(18)29-20(25)26)14-2-1-3-17(10-14)24-6-8-30(27,28)9-7-24/h1-5,10-11,16,27-28H,6-9,12-13H2. The molecule has 2 heterocycles. The average Bonchev–Trinajstić information content (AvgIpc) is 3.19. The summed E-state index contributed by atoms with van der Waals surface area (Å²) in [5.74, 6) is -2.63. The van der Waals surface area contributed by atoms with E-state index in [0.29, 0.717) is 30.1 Å². The Kier molecular flexibility index (Phi) is 4.70. The molecule has 1 atom stereocenters. The molecule has 1 aromatic heterocycles. The van der Waals surface area contributed by atoms with Crippen LogP contribution in [0.15, 0.2) is 47.3 Å². The van der Waals surface area contributed by atoms with E-state index in [2.05, 4.69) is 11.0 Å². The van der Waals surface area contributed by atoms with E-state index < -0.39 is 22.4 Å². The lowest BCUT2D eigenvalue weighted by atomic mass is 10.0. The van der Waals surface area contributed by atoms with E-state index in [4.69, 9.17) is 0 Å². The topological polar surface area (TPSA) is 65.7 Å². The van der Waals surface area contributed by atoms with Crippen molar-refractivity contribution in [3.8, 4) is 11.1 Å². The first-order valence-electron chi connectivity index (χ1n) is 9.82. The SMILES string of the molecule is O=c1sc2cc(-c3cccc(N4CCS(O)(O)CC4)c3)ccc2n1CC1CC1(F)F. The van der Waals surface area contributed by atoms with Gasteiger partial charge in [0.25, 0.3) is 5.92 Å². The van der Waals surface area contributed by atoms with Crippen LogP contribution in [-0.2, 0) is 6.54 Å². The van der Waals surface area contributed by atoms with Gasteiger partial charge in [0.15, 0.2) is 0 Å². The highest BCUT2D eigenvalue weighted by Crippen LogP contribution is 2.49. The molecule has 1 saturated heterocycles. The summed E-state index contributed by atoms with van der Waals surface area (Å²) in [6.07, 6.45) is -0.146. The third-order valence-corrected chi connectivity index (χ3v) is 8.56. The summed E-state index contributed by atoms with van der Waals surface area (Å²) in [5.41, 5.74) is 3.67. The number of anilines is 1. The molecule has 2 fully saturated rings. The first-order chi connectivity index (χ1) is 14.2. The fraction of sp³-hybridized carbons (Fsp3) is 0.381. The molecule has 0 spiro atoms. The van der Waals surface area contributed by atoms with E-state index in [1.807, 2.05) is 36.4 Å². The Bertz CT molecular complexity index is 1160. The summed E-state index contributed by atoms with van der Waals surface area (Å²) in [7, 11) is -2.44. The summed E-state index contributed by atoms with van der Waals surface area (Å²) in [6, 6.07) is 13.7. The van der Waals surface area contributed by atoms with Crippen molar-refractivity contribution in [1.82, 2.24) is 4.57 Å². The number of alkyl halides is 2. The molecule has 3 aromatic rings. The van der Waals surface area contributed by atoms with Gasteiger partial charge in [-0.25, -0.2) is 8.78 Å². The molecule has 1 saturated carbocycles. The Labute approximate surface area is 177 Å². The van der Waals surface area contributed by atoms with Crippen LogP contribution in [0.3, 0.4) is 0 Å². The molecular formula is C21H22F2N2O3S2. The molecule has 2 aliphatic rings. The van der Waals surface area contributed by atoms with Crippen LogP contribution in [0.4, 0.5) is 14.5 Å². The van der Waals surface area contributed by atoms with Crippen molar-refractivity contribution in [3.05, 3.63) is 52.1 Å². The van der Waals surface area contributed by atoms with Crippen LogP contribution in [0.5, 0.6) is 0 Å². The number of benzene rings is 2. The highest BCUT2D eigenvalue weighted by Gasteiger charge is 2.56. The first kappa shape index (κ1) is 20.0. The highest BCUT2D eigenvalue weighted by atomic mass is 32.3. The summed E-state index contributed by atoms with van der Waals surface area (Å²) in [6.45, 7) is 1.26. The predicted molar refractivity (Wildman–Crippen MR) is 119 cm³/mol. The van der Waals surface area contributed by atoms with Crippen LogP contribution >= 0.6 is 21.9 Å². The second-order valence-electron chi connectivity index (χ2n) is 8.07. The molecule has 0 radical (unpaired) electrons. The predicted octanol–water partition coefficient (Wildman–Crippen LogP) is 4.96. The molecule has 1 aliphatic heterocycles. The molecule has 0 amide bonds. The maximum absolute atomic E-state index is 13.3. The van der Waals surface area contributed by atoms with Crippen LogP contribution in [0.1, 0.15) is 6.42 Å².